The zero-order valence-electron chi connectivity index (χ0n) is 13.0. The van der Waals surface area contributed by atoms with E-state index in [9.17, 15) is 4.79 Å². The summed E-state index contributed by atoms with van der Waals surface area (Å²) in [6.07, 6.45) is 3.69. The molecule has 0 aromatic heterocycles. The third-order valence-electron chi connectivity index (χ3n) is 3.30. The molecule has 0 saturated carbocycles. The number of unbranched alkanes of at least 4 members (excludes halogenated alkanes) is 2. The van der Waals surface area contributed by atoms with E-state index in [-0.39, 0.29) is 5.97 Å². The predicted molar refractivity (Wildman–Crippen MR) is 82.6 cm³/mol. The van der Waals surface area contributed by atoms with E-state index in [2.05, 4.69) is 43.1 Å². The molecule has 1 rings (SSSR count). The van der Waals surface area contributed by atoms with Gasteiger partial charge in [0.1, 0.15) is 0 Å². The van der Waals surface area contributed by atoms with Crippen molar-refractivity contribution in [3.05, 3.63) is 35.4 Å². The van der Waals surface area contributed by atoms with Crippen molar-refractivity contribution in [3.8, 4) is 0 Å². The molecule has 0 spiro atoms. The van der Waals surface area contributed by atoms with Crippen LogP contribution in [0.15, 0.2) is 24.3 Å². The van der Waals surface area contributed by atoms with Crippen molar-refractivity contribution in [2.45, 2.75) is 46.1 Å². The molecular formula is C17H27NO2. The van der Waals surface area contributed by atoms with Crippen LogP contribution in [0.4, 0.5) is 0 Å². The van der Waals surface area contributed by atoms with Gasteiger partial charge in [-0.3, -0.25) is 4.79 Å². The Labute approximate surface area is 122 Å². The summed E-state index contributed by atoms with van der Waals surface area (Å²) >= 11 is 0. The minimum absolute atomic E-state index is 0.0690. The van der Waals surface area contributed by atoms with Gasteiger partial charge in [-0.25, -0.2) is 0 Å². The van der Waals surface area contributed by atoms with Gasteiger partial charge in [0.2, 0.25) is 0 Å². The predicted octanol–water partition coefficient (Wildman–Crippen LogP) is 3.55. The third-order valence-corrected chi connectivity index (χ3v) is 3.30. The lowest BCUT2D eigenvalue weighted by molar-refractivity contribution is -0.143. The molecule has 0 unspecified atom stereocenters. The molecular weight excluding hydrogens is 250 g/mol. The summed E-state index contributed by atoms with van der Waals surface area (Å²) in [5.41, 5.74) is 2.65. The highest BCUT2D eigenvalue weighted by Gasteiger charge is 2.03. The highest BCUT2D eigenvalue weighted by atomic mass is 16.5. The highest BCUT2D eigenvalue weighted by molar-refractivity contribution is 5.69. The normalized spacial score (nSPS) is 10.8. The minimum Gasteiger partial charge on any atom is -0.466 e. The summed E-state index contributed by atoms with van der Waals surface area (Å²) in [7, 11) is 2.14. The third kappa shape index (κ3) is 7.29. The van der Waals surface area contributed by atoms with E-state index in [0.717, 1.165) is 32.4 Å². The maximum Gasteiger partial charge on any atom is 0.305 e. The first-order valence-corrected chi connectivity index (χ1v) is 7.51. The molecule has 0 saturated heterocycles. The fourth-order valence-electron chi connectivity index (χ4n) is 2.15. The molecule has 0 amide bonds. The molecule has 1 aromatic rings. The minimum atomic E-state index is -0.0690. The topological polar surface area (TPSA) is 29.5 Å². The van der Waals surface area contributed by atoms with Crippen molar-refractivity contribution < 1.29 is 9.53 Å². The van der Waals surface area contributed by atoms with Crippen LogP contribution in [0.25, 0.3) is 0 Å². The van der Waals surface area contributed by atoms with Crippen LogP contribution in [-0.4, -0.2) is 31.1 Å². The van der Waals surface area contributed by atoms with E-state index in [4.69, 9.17) is 4.74 Å². The molecule has 0 aliphatic rings. The van der Waals surface area contributed by atoms with Gasteiger partial charge in [0.25, 0.3) is 0 Å². The number of esters is 1. The Hall–Kier alpha value is -1.35. The number of carbonyl (C=O) groups is 1. The summed E-state index contributed by atoms with van der Waals surface area (Å²) in [4.78, 5) is 13.5. The van der Waals surface area contributed by atoms with Gasteiger partial charge in [0.15, 0.2) is 0 Å². The van der Waals surface area contributed by atoms with Crippen molar-refractivity contribution in [1.29, 1.82) is 0 Å². The Morgan fingerprint density at radius 1 is 1.15 bits per heavy atom. The molecule has 0 fully saturated rings. The number of carbonyl (C=O) groups excluding carboxylic acids is 1. The van der Waals surface area contributed by atoms with E-state index in [1.54, 1.807) is 0 Å². The van der Waals surface area contributed by atoms with Crippen molar-refractivity contribution in [2.75, 3.05) is 20.2 Å². The summed E-state index contributed by atoms with van der Waals surface area (Å²) in [6.45, 7) is 6.49. The van der Waals surface area contributed by atoms with E-state index < -0.39 is 0 Å². The zero-order valence-corrected chi connectivity index (χ0v) is 13.0. The second-order valence-corrected chi connectivity index (χ2v) is 5.34. The van der Waals surface area contributed by atoms with Crippen molar-refractivity contribution in [3.63, 3.8) is 0 Å². The van der Waals surface area contributed by atoms with E-state index in [1.165, 1.54) is 11.1 Å². The van der Waals surface area contributed by atoms with Crippen LogP contribution in [0.3, 0.4) is 0 Å². The van der Waals surface area contributed by atoms with Gasteiger partial charge in [-0.1, -0.05) is 36.2 Å². The number of hydrogen-bond donors (Lipinski definition) is 0. The smallest absolute Gasteiger partial charge is 0.305 e. The molecule has 0 radical (unpaired) electrons. The van der Waals surface area contributed by atoms with Crippen LogP contribution >= 0.6 is 0 Å². The molecule has 0 bridgehead atoms. The van der Waals surface area contributed by atoms with Crippen molar-refractivity contribution in [1.82, 2.24) is 4.90 Å². The largest absolute Gasteiger partial charge is 0.466 e. The second-order valence-electron chi connectivity index (χ2n) is 5.34. The Morgan fingerprint density at radius 3 is 2.50 bits per heavy atom. The average molecular weight is 277 g/mol. The number of hydrogen-bond acceptors (Lipinski definition) is 3. The molecule has 3 nitrogen and oxygen atoms in total. The molecule has 112 valence electrons. The molecule has 3 heteroatoms. The molecule has 0 atom stereocenters. The molecule has 20 heavy (non-hydrogen) atoms. The standard InChI is InChI=1S/C17H27NO2/c1-4-20-17(19)8-6-5-7-13-18(3)14-16-11-9-15(2)10-12-16/h9-12H,4-8,13-14H2,1-3H3. The van der Waals surface area contributed by atoms with E-state index >= 15 is 0 Å². The van der Waals surface area contributed by atoms with Crippen LogP contribution in [0, 0.1) is 6.92 Å². The van der Waals surface area contributed by atoms with E-state index in [0.29, 0.717) is 13.0 Å². The lowest BCUT2D eigenvalue weighted by atomic mass is 10.1. The van der Waals surface area contributed by atoms with Gasteiger partial charge in [-0.05, 0) is 45.8 Å². The van der Waals surface area contributed by atoms with Gasteiger partial charge < -0.3 is 9.64 Å². The van der Waals surface area contributed by atoms with Gasteiger partial charge in [0, 0.05) is 13.0 Å². The van der Waals surface area contributed by atoms with Crippen LogP contribution < -0.4 is 0 Å². The molecule has 1 aromatic carbocycles. The second kappa shape index (κ2) is 9.54. The van der Waals surface area contributed by atoms with Crippen LogP contribution in [0.2, 0.25) is 0 Å². The Bertz CT molecular complexity index is 386. The van der Waals surface area contributed by atoms with E-state index in [1.807, 2.05) is 6.92 Å². The van der Waals surface area contributed by atoms with Gasteiger partial charge in [-0.15, -0.1) is 0 Å². The molecule has 0 heterocycles. The first-order valence-electron chi connectivity index (χ1n) is 7.51. The highest BCUT2D eigenvalue weighted by Crippen LogP contribution is 2.08. The summed E-state index contributed by atoms with van der Waals surface area (Å²) in [5, 5.41) is 0. The van der Waals surface area contributed by atoms with Gasteiger partial charge >= 0.3 is 5.97 Å². The summed E-state index contributed by atoms with van der Waals surface area (Å²) < 4.78 is 4.91. The first-order chi connectivity index (χ1) is 9.61. The number of benzene rings is 1. The summed E-state index contributed by atoms with van der Waals surface area (Å²) in [5.74, 6) is -0.0690. The molecule has 0 aliphatic heterocycles. The Kier molecular flexibility index (Phi) is 7.97. The lowest BCUT2D eigenvalue weighted by Gasteiger charge is -2.16. The fraction of sp³-hybridized carbons (Fsp3) is 0.588. The number of nitrogens with zero attached hydrogens (tertiary/aromatic N) is 1. The monoisotopic (exact) mass is 277 g/mol. The van der Waals surface area contributed by atoms with Gasteiger partial charge in [0.05, 0.1) is 6.61 Å². The number of ether oxygens (including phenoxy) is 1. The quantitative estimate of drug-likeness (QED) is 0.510. The lowest BCUT2D eigenvalue weighted by Crippen LogP contribution is -2.19. The SMILES string of the molecule is CCOC(=O)CCCCCN(C)Cc1ccc(C)cc1. The maximum absolute atomic E-state index is 11.2. The average Bonchev–Trinajstić information content (AvgIpc) is 2.41. The van der Waals surface area contributed by atoms with Crippen LogP contribution in [0.1, 0.15) is 43.7 Å². The van der Waals surface area contributed by atoms with Crippen LogP contribution in [-0.2, 0) is 16.1 Å². The summed E-state index contributed by atoms with van der Waals surface area (Å²) in [6, 6.07) is 8.68. The van der Waals surface area contributed by atoms with Gasteiger partial charge in [-0.2, -0.15) is 0 Å². The molecule has 0 N–H and O–H groups in total. The maximum atomic E-state index is 11.2. The zero-order chi connectivity index (χ0) is 14.8. The number of rotatable bonds is 9. The Balaban J connectivity index is 2.09. The Morgan fingerprint density at radius 2 is 1.85 bits per heavy atom. The van der Waals surface area contributed by atoms with Crippen molar-refractivity contribution >= 4 is 5.97 Å². The first kappa shape index (κ1) is 16.7. The van der Waals surface area contributed by atoms with Crippen molar-refractivity contribution in [2.24, 2.45) is 0 Å². The number of aryl methyl sites for hydroxylation is 1. The van der Waals surface area contributed by atoms with Crippen LogP contribution in [0.5, 0.6) is 0 Å². The fourth-order valence-corrected chi connectivity index (χ4v) is 2.15. The molecule has 0 aliphatic carbocycles.